The summed E-state index contributed by atoms with van der Waals surface area (Å²) in [6, 6.07) is 0. The van der Waals surface area contributed by atoms with Crippen LogP contribution in [0, 0.1) is 5.92 Å². The van der Waals surface area contributed by atoms with Crippen molar-refractivity contribution in [2.24, 2.45) is 5.92 Å². The Morgan fingerprint density at radius 1 is 1.36 bits per heavy atom. The minimum atomic E-state index is -0.143. The zero-order chi connectivity index (χ0) is 15.5. The third-order valence-electron chi connectivity index (χ3n) is 4.41. The minimum Gasteiger partial charge on any atom is -0.466 e. The maximum Gasteiger partial charge on any atom is 0.309 e. The number of fused-ring (bicyclic) bond motifs is 1. The van der Waals surface area contributed by atoms with Gasteiger partial charge in [-0.25, -0.2) is 0 Å². The largest absolute Gasteiger partial charge is 0.466 e. The van der Waals surface area contributed by atoms with Gasteiger partial charge in [0.25, 0.3) is 5.91 Å². The van der Waals surface area contributed by atoms with Gasteiger partial charge in [0.05, 0.1) is 12.5 Å². The number of hydrogen-bond donors (Lipinski definition) is 2. The van der Waals surface area contributed by atoms with Gasteiger partial charge >= 0.3 is 5.97 Å². The van der Waals surface area contributed by atoms with Gasteiger partial charge in [0, 0.05) is 43.9 Å². The molecular weight excluding hydrogens is 284 g/mol. The van der Waals surface area contributed by atoms with Crippen molar-refractivity contribution in [2.45, 2.75) is 32.7 Å². The molecule has 0 aliphatic carbocycles. The van der Waals surface area contributed by atoms with Gasteiger partial charge in [-0.15, -0.1) is 0 Å². The predicted octanol–water partition coefficient (Wildman–Crippen LogP) is 0.471. The first-order valence-corrected chi connectivity index (χ1v) is 7.93. The number of likely N-dealkylation sites (tertiary alicyclic amines) is 1. The highest BCUT2D eigenvalue weighted by atomic mass is 16.5. The van der Waals surface area contributed by atoms with Crippen LogP contribution in [-0.2, 0) is 22.5 Å². The molecule has 7 nitrogen and oxygen atoms in total. The summed E-state index contributed by atoms with van der Waals surface area (Å²) in [7, 11) is 0. The number of esters is 1. The molecule has 1 saturated heterocycles. The SMILES string of the molecule is CCOC(=O)C1CCN(C(=O)c2n[nH]c3c2CNCC3)CC1. The van der Waals surface area contributed by atoms with Crippen LogP contribution in [0.5, 0.6) is 0 Å². The van der Waals surface area contributed by atoms with Gasteiger partial charge in [-0.2, -0.15) is 5.10 Å². The minimum absolute atomic E-state index is 0.0384. The Balaban J connectivity index is 1.63. The molecule has 1 fully saturated rings. The molecule has 2 aliphatic heterocycles. The van der Waals surface area contributed by atoms with E-state index in [1.54, 1.807) is 4.90 Å². The first-order valence-electron chi connectivity index (χ1n) is 7.93. The van der Waals surface area contributed by atoms with Crippen LogP contribution in [-0.4, -0.2) is 53.2 Å². The summed E-state index contributed by atoms with van der Waals surface area (Å²) in [5, 5.41) is 10.5. The van der Waals surface area contributed by atoms with Gasteiger partial charge < -0.3 is 15.0 Å². The van der Waals surface area contributed by atoms with Crippen LogP contribution in [0.4, 0.5) is 0 Å². The van der Waals surface area contributed by atoms with Gasteiger partial charge in [0.1, 0.15) is 0 Å². The predicted molar refractivity (Wildman–Crippen MR) is 79.3 cm³/mol. The molecule has 1 aromatic heterocycles. The normalized spacial score (nSPS) is 18.9. The summed E-state index contributed by atoms with van der Waals surface area (Å²) in [4.78, 5) is 26.2. The van der Waals surface area contributed by atoms with E-state index in [2.05, 4.69) is 15.5 Å². The number of amides is 1. The lowest BCUT2D eigenvalue weighted by Crippen LogP contribution is -2.41. The Morgan fingerprint density at radius 3 is 2.86 bits per heavy atom. The van der Waals surface area contributed by atoms with Gasteiger partial charge in [-0.3, -0.25) is 14.7 Å². The topological polar surface area (TPSA) is 87.3 Å². The van der Waals surface area contributed by atoms with E-state index in [0.717, 1.165) is 24.2 Å². The standard InChI is InChI=1S/C15H22N4O3/c1-2-22-15(21)10-4-7-19(8-5-10)14(20)13-11-9-16-6-3-12(11)17-18-13/h10,16H,2-9H2,1H3,(H,17,18). The van der Waals surface area contributed by atoms with Gasteiger partial charge in [0.15, 0.2) is 5.69 Å². The van der Waals surface area contributed by atoms with Crippen molar-refractivity contribution in [3.05, 3.63) is 17.0 Å². The Morgan fingerprint density at radius 2 is 2.14 bits per heavy atom. The quantitative estimate of drug-likeness (QED) is 0.793. The fourth-order valence-electron chi connectivity index (χ4n) is 3.13. The Bertz CT molecular complexity index is 561. The molecule has 0 radical (unpaired) electrons. The number of carbonyl (C=O) groups excluding carboxylic acids is 2. The van der Waals surface area contributed by atoms with E-state index in [4.69, 9.17) is 4.74 Å². The lowest BCUT2D eigenvalue weighted by molar-refractivity contribution is -0.149. The second-order valence-corrected chi connectivity index (χ2v) is 5.77. The zero-order valence-electron chi connectivity index (χ0n) is 12.9. The monoisotopic (exact) mass is 306 g/mol. The summed E-state index contributed by atoms with van der Waals surface area (Å²) >= 11 is 0. The van der Waals surface area contributed by atoms with Crippen molar-refractivity contribution in [2.75, 3.05) is 26.2 Å². The number of carbonyl (C=O) groups is 2. The molecule has 0 atom stereocenters. The van der Waals surface area contributed by atoms with Crippen molar-refractivity contribution in [1.82, 2.24) is 20.4 Å². The number of ether oxygens (including phenoxy) is 1. The molecule has 0 unspecified atom stereocenters. The number of H-pyrrole nitrogens is 1. The Hall–Kier alpha value is -1.89. The molecule has 22 heavy (non-hydrogen) atoms. The third-order valence-corrected chi connectivity index (χ3v) is 4.41. The molecule has 7 heteroatoms. The van der Waals surface area contributed by atoms with E-state index in [9.17, 15) is 9.59 Å². The maximum absolute atomic E-state index is 12.6. The highest BCUT2D eigenvalue weighted by Crippen LogP contribution is 2.22. The summed E-state index contributed by atoms with van der Waals surface area (Å²) in [6.45, 7) is 4.98. The average molecular weight is 306 g/mol. The summed E-state index contributed by atoms with van der Waals surface area (Å²) < 4.78 is 5.06. The molecule has 0 saturated carbocycles. The number of aromatic nitrogens is 2. The van der Waals surface area contributed by atoms with Crippen molar-refractivity contribution in [3.8, 4) is 0 Å². The third kappa shape index (κ3) is 2.85. The summed E-state index contributed by atoms with van der Waals surface area (Å²) in [6.07, 6.45) is 2.20. The number of nitrogens with one attached hydrogen (secondary N) is 2. The van der Waals surface area contributed by atoms with Crippen LogP contribution >= 0.6 is 0 Å². The molecule has 2 N–H and O–H groups in total. The van der Waals surface area contributed by atoms with E-state index in [1.165, 1.54) is 0 Å². The lowest BCUT2D eigenvalue weighted by Gasteiger charge is -2.30. The average Bonchev–Trinajstić information content (AvgIpc) is 2.98. The van der Waals surface area contributed by atoms with Gasteiger partial charge in [-0.1, -0.05) is 0 Å². The number of hydrogen-bond acceptors (Lipinski definition) is 5. The molecule has 0 spiro atoms. The second-order valence-electron chi connectivity index (χ2n) is 5.77. The first-order chi connectivity index (χ1) is 10.7. The number of nitrogens with zero attached hydrogens (tertiary/aromatic N) is 2. The van der Waals surface area contributed by atoms with Crippen LogP contribution in [0.2, 0.25) is 0 Å². The number of aromatic amines is 1. The molecule has 1 aromatic rings. The molecule has 3 rings (SSSR count). The zero-order valence-corrected chi connectivity index (χ0v) is 12.9. The fourth-order valence-corrected chi connectivity index (χ4v) is 3.13. The molecule has 2 aliphatic rings. The molecular formula is C15H22N4O3. The van der Waals surface area contributed by atoms with Crippen molar-refractivity contribution < 1.29 is 14.3 Å². The van der Waals surface area contributed by atoms with Crippen LogP contribution in [0.15, 0.2) is 0 Å². The molecule has 120 valence electrons. The highest BCUT2D eigenvalue weighted by Gasteiger charge is 2.31. The highest BCUT2D eigenvalue weighted by molar-refractivity contribution is 5.94. The van der Waals surface area contributed by atoms with Crippen LogP contribution in [0.25, 0.3) is 0 Å². The van der Waals surface area contributed by atoms with Gasteiger partial charge in [0.2, 0.25) is 0 Å². The first kappa shape index (κ1) is 15.0. The summed E-state index contributed by atoms with van der Waals surface area (Å²) in [5.41, 5.74) is 2.57. The van der Waals surface area contributed by atoms with Crippen LogP contribution in [0.3, 0.4) is 0 Å². The van der Waals surface area contributed by atoms with E-state index >= 15 is 0 Å². The van der Waals surface area contributed by atoms with Crippen LogP contribution in [0.1, 0.15) is 41.5 Å². The van der Waals surface area contributed by atoms with E-state index in [0.29, 0.717) is 44.8 Å². The number of piperidine rings is 1. The summed E-state index contributed by atoms with van der Waals surface area (Å²) in [5.74, 6) is -0.266. The Labute approximate surface area is 129 Å². The molecule has 3 heterocycles. The van der Waals surface area contributed by atoms with Crippen LogP contribution < -0.4 is 5.32 Å². The van der Waals surface area contributed by atoms with E-state index in [1.807, 2.05) is 6.92 Å². The van der Waals surface area contributed by atoms with Crippen molar-refractivity contribution in [1.29, 1.82) is 0 Å². The van der Waals surface area contributed by atoms with Gasteiger partial charge in [-0.05, 0) is 19.8 Å². The fraction of sp³-hybridized carbons (Fsp3) is 0.667. The van der Waals surface area contributed by atoms with Crippen molar-refractivity contribution in [3.63, 3.8) is 0 Å². The molecule has 0 aromatic carbocycles. The Kier molecular flexibility index (Phi) is 4.42. The van der Waals surface area contributed by atoms with Crippen molar-refractivity contribution >= 4 is 11.9 Å². The maximum atomic E-state index is 12.6. The number of rotatable bonds is 3. The van der Waals surface area contributed by atoms with E-state index < -0.39 is 0 Å². The molecule has 1 amide bonds. The smallest absolute Gasteiger partial charge is 0.309 e. The lowest BCUT2D eigenvalue weighted by atomic mass is 9.96. The second kappa shape index (κ2) is 6.48. The molecule has 0 bridgehead atoms. The van der Waals surface area contributed by atoms with E-state index in [-0.39, 0.29) is 17.8 Å².